The summed E-state index contributed by atoms with van der Waals surface area (Å²) in [5.41, 5.74) is -1.84. The standard InChI is InChI=1S/C24H31FN6O4S/c1-3-8-36-24-27-22(26-16-10-14(16)13-5-4-12(2)15(25)9-13)19-23(28-24)31(30-29-19)17-11-18(35-7-6-32)21(34)20(17)33/h4-5,9,14,16-18,20-21,32-34H,3,6-8,10-11H2,1-2H3,(H,26,27,28)/t14-,16+,17+,18-,20-,21+/m0/s1/i6D2,8D2,10D2,14D,16D. The number of thioether (sulfide) groups is 1. The van der Waals surface area contributed by atoms with Crippen molar-refractivity contribution in [3.05, 3.63) is 35.1 Å². The van der Waals surface area contributed by atoms with Crippen molar-refractivity contribution in [2.75, 3.05) is 24.2 Å². The van der Waals surface area contributed by atoms with E-state index in [-0.39, 0.29) is 46.1 Å². The molecule has 0 amide bonds. The van der Waals surface area contributed by atoms with Crippen LogP contribution in [-0.2, 0) is 4.74 Å². The number of nitrogens with one attached hydrogen (secondary N) is 1. The van der Waals surface area contributed by atoms with Gasteiger partial charge >= 0.3 is 0 Å². The number of benzene rings is 1. The molecule has 3 aromatic rings. The summed E-state index contributed by atoms with van der Waals surface area (Å²) in [7, 11) is 0. The normalized spacial score (nSPS) is 37.2. The van der Waals surface area contributed by atoms with Gasteiger partial charge in [0.2, 0.25) is 0 Å². The van der Waals surface area contributed by atoms with Gasteiger partial charge in [-0.05, 0) is 36.9 Å². The molecule has 2 aromatic heterocycles. The lowest BCUT2D eigenvalue weighted by atomic mass is 10.1. The van der Waals surface area contributed by atoms with Gasteiger partial charge in [0.15, 0.2) is 22.1 Å². The van der Waals surface area contributed by atoms with Crippen LogP contribution < -0.4 is 5.32 Å². The summed E-state index contributed by atoms with van der Waals surface area (Å²) in [4.78, 5) is 8.67. The maximum atomic E-state index is 14.4. The minimum absolute atomic E-state index is 0.0595. The number of hydrogen-bond donors (Lipinski definition) is 4. The smallest absolute Gasteiger partial charge is 0.191 e. The maximum absolute atomic E-state index is 14.4. The highest BCUT2D eigenvalue weighted by atomic mass is 32.2. The van der Waals surface area contributed by atoms with Crippen LogP contribution in [0.4, 0.5) is 10.2 Å². The van der Waals surface area contributed by atoms with Crippen molar-refractivity contribution in [2.24, 2.45) is 0 Å². The number of rotatable bonds is 10. The minimum atomic E-state index is -2.68. The summed E-state index contributed by atoms with van der Waals surface area (Å²) in [6, 6.07) is 0.325. The fourth-order valence-corrected chi connectivity index (χ4v) is 4.64. The Morgan fingerprint density at radius 2 is 2.19 bits per heavy atom. The average molecular weight is 527 g/mol. The number of anilines is 1. The van der Waals surface area contributed by atoms with Crippen LogP contribution in [0.2, 0.25) is 0 Å². The molecule has 5 rings (SSSR count). The van der Waals surface area contributed by atoms with E-state index in [4.69, 9.17) is 15.7 Å². The van der Waals surface area contributed by atoms with Crippen LogP contribution in [0.5, 0.6) is 0 Å². The zero-order valence-corrected chi connectivity index (χ0v) is 20.3. The van der Waals surface area contributed by atoms with Gasteiger partial charge in [-0.1, -0.05) is 36.0 Å². The Bertz CT molecular complexity index is 1580. The van der Waals surface area contributed by atoms with Gasteiger partial charge in [0.25, 0.3) is 0 Å². The first kappa shape index (κ1) is 17.2. The summed E-state index contributed by atoms with van der Waals surface area (Å²) in [6.45, 7) is -0.340. The monoisotopic (exact) mass is 526 g/mol. The van der Waals surface area contributed by atoms with Gasteiger partial charge in [-0.25, -0.2) is 19.0 Å². The first-order chi connectivity index (χ1) is 20.3. The van der Waals surface area contributed by atoms with Crippen molar-refractivity contribution in [2.45, 2.75) is 74.5 Å². The zero-order chi connectivity index (χ0) is 32.6. The Balaban J connectivity index is 1.56. The quantitative estimate of drug-likeness (QED) is 0.230. The molecule has 2 aliphatic rings. The fourth-order valence-electron chi connectivity index (χ4n) is 4.09. The molecule has 12 heteroatoms. The highest BCUT2D eigenvalue weighted by Crippen LogP contribution is 2.44. The molecule has 0 radical (unpaired) electrons. The molecular weight excluding hydrogens is 487 g/mol. The number of fused-ring (bicyclic) bond motifs is 1. The Labute approximate surface area is 223 Å². The van der Waals surface area contributed by atoms with E-state index in [2.05, 4.69) is 25.6 Å². The van der Waals surface area contributed by atoms with E-state index in [9.17, 15) is 19.7 Å². The van der Waals surface area contributed by atoms with Crippen molar-refractivity contribution in [3.8, 4) is 0 Å². The lowest BCUT2D eigenvalue weighted by Crippen LogP contribution is -2.33. The van der Waals surface area contributed by atoms with E-state index in [1.54, 1.807) is 6.92 Å². The number of nitrogens with zero attached hydrogens (tertiary/aromatic N) is 5. The maximum Gasteiger partial charge on any atom is 0.191 e. The van der Waals surface area contributed by atoms with Crippen LogP contribution in [0, 0.1) is 12.7 Å². The number of aliphatic hydroxyl groups excluding tert-OH is 2. The second-order valence-electron chi connectivity index (χ2n) is 8.42. The van der Waals surface area contributed by atoms with Gasteiger partial charge in [0, 0.05) is 30.9 Å². The van der Waals surface area contributed by atoms with Crippen LogP contribution in [0.1, 0.15) is 60.2 Å². The van der Waals surface area contributed by atoms with Crippen LogP contribution in [0.15, 0.2) is 23.4 Å². The molecule has 36 heavy (non-hydrogen) atoms. The number of aromatic nitrogens is 5. The Morgan fingerprint density at radius 1 is 1.36 bits per heavy atom. The van der Waals surface area contributed by atoms with Gasteiger partial charge in [-0.3, -0.25) is 0 Å². The predicted molar refractivity (Wildman–Crippen MR) is 133 cm³/mol. The van der Waals surface area contributed by atoms with Crippen LogP contribution in [0.25, 0.3) is 11.2 Å². The molecule has 4 N–H and O–H groups in total. The van der Waals surface area contributed by atoms with Crippen LogP contribution in [-0.4, -0.2) is 83.5 Å². The molecule has 10 nitrogen and oxygen atoms in total. The first-order valence-corrected chi connectivity index (χ1v) is 12.1. The van der Waals surface area contributed by atoms with E-state index in [1.165, 1.54) is 19.1 Å². The van der Waals surface area contributed by atoms with Gasteiger partial charge in [-0.15, -0.1) is 5.10 Å². The van der Waals surface area contributed by atoms with Crippen molar-refractivity contribution in [3.63, 3.8) is 0 Å². The Kier molecular flexibility index (Phi) is 5.03. The second kappa shape index (κ2) is 10.5. The molecule has 0 spiro atoms. The van der Waals surface area contributed by atoms with E-state index >= 15 is 0 Å². The first-order valence-electron chi connectivity index (χ1n) is 15.3. The minimum Gasteiger partial charge on any atom is -0.394 e. The Morgan fingerprint density at radius 3 is 2.94 bits per heavy atom. The molecule has 0 bridgehead atoms. The highest BCUT2D eigenvalue weighted by molar-refractivity contribution is 7.99. The van der Waals surface area contributed by atoms with Crippen molar-refractivity contribution >= 4 is 28.7 Å². The number of halogens is 1. The largest absolute Gasteiger partial charge is 0.394 e. The lowest BCUT2D eigenvalue weighted by molar-refractivity contribution is -0.0629. The van der Waals surface area contributed by atoms with E-state index in [0.717, 1.165) is 10.7 Å². The number of aliphatic hydroxyl groups is 3. The molecule has 2 fully saturated rings. The topological polar surface area (TPSA) is 138 Å². The molecule has 0 saturated heterocycles. The molecule has 0 unspecified atom stereocenters. The molecule has 2 aliphatic carbocycles. The molecule has 2 saturated carbocycles. The third kappa shape index (κ3) is 4.92. The van der Waals surface area contributed by atoms with Crippen molar-refractivity contribution in [1.29, 1.82) is 0 Å². The van der Waals surface area contributed by atoms with Crippen molar-refractivity contribution < 1.29 is 35.4 Å². The van der Waals surface area contributed by atoms with Crippen molar-refractivity contribution in [1.82, 2.24) is 25.0 Å². The molecule has 1 aromatic carbocycles. The molecule has 0 aliphatic heterocycles. The van der Waals surface area contributed by atoms with Gasteiger partial charge in [-0.2, -0.15) is 0 Å². The lowest BCUT2D eigenvalue weighted by Gasteiger charge is -2.17. The molecule has 2 heterocycles. The summed E-state index contributed by atoms with van der Waals surface area (Å²) in [5, 5.41) is 41.3. The number of hydrogen-bond acceptors (Lipinski definition) is 10. The average Bonchev–Trinajstić information content (AvgIpc) is 3.30. The summed E-state index contributed by atoms with van der Waals surface area (Å²) < 4.78 is 86.7. The third-order valence-corrected chi connectivity index (χ3v) is 6.83. The highest BCUT2D eigenvalue weighted by Gasteiger charge is 2.45. The summed E-state index contributed by atoms with van der Waals surface area (Å²) >= 11 is 0.633. The molecule has 6 atom stereocenters. The molecule has 194 valence electrons. The second-order valence-corrected chi connectivity index (χ2v) is 9.27. The van der Waals surface area contributed by atoms with Crippen LogP contribution in [0.3, 0.4) is 0 Å². The van der Waals surface area contributed by atoms with Crippen LogP contribution >= 0.6 is 11.8 Å². The van der Waals surface area contributed by atoms with E-state index in [1.807, 2.05) is 0 Å². The van der Waals surface area contributed by atoms with Gasteiger partial charge < -0.3 is 25.4 Å². The summed E-state index contributed by atoms with van der Waals surface area (Å²) in [6.07, 6.45) is -6.72. The molecular formula is C24H31FN6O4S. The number of aryl methyl sites for hydroxylation is 1. The summed E-state index contributed by atoms with van der Waals surface area (Å²) in [5.74, 6) is -3.21. The SMILES string of the molecule is [2H]C([2H])(O)CO[C@H]1C[C@@H](n2nnc3c(N[C@]4([2H])C([2H])([2H])[C@@]4([2H])c4ccc(C)c(F)c4)nc(SC([2H])([2H])CC)nc32)[C@H](O)[C@@H]1O. The third-order valence-electron chi connectivity index (χ3n) is 6.03. The van der Waals surface area contributed by atoms with Gasteiger partial charge in [0.1, 0.15) is 18.0 Å². The van der Waals surface area contributed by atoms with E-state index in [0.29, 0.717) is 11.8 Å². The zero-order valence-electron chi connectivity index (χ0n) is 27.4. The number of ether oxygens (including phenoxy) is 1. The van der Waals surface area contributed by atoms with Gasteiger partial charge in [0.05, 0.1) is 29.4 Å². The Hall–Kier alpha value is -2.38. The fraction of sp³-hybridized carbons (Fsp3) is 0.583. The van der Waals surface area contributed by atoms with E-state index < -0.39 is 67.3 Å². The predicted octanol–water partition coefficient (Wildman–Crippen LogP) is 2.18.